The SMILES string of the molecule is CC(O)CNCCNCc1ccc(Cl)cc1. The largest absolute Gasteiger partial charge is 0.392 e. The Morgan fingerprint density at radius 1 is 1.19 bits per heavy atom. The van der Waals surface area contributed by atoms with Crippen LogP contribution in [0.2, 0.25) is 5.02 Å². The van der Waals surface area contributed by atoms with Crippen molar-refractivity contribution in [3.8, 4) is 0 Å². The van der Waals surface area contributed by atoms with E-state index in [1.54, 1.807) is 6.92 Å². The average Bonchev–Trinajstić information content (AvgIpc) is 2.25. The van der Waals surface area contributed by atoms with Gasteiger partial charge in [-0.05, 0) is 24.6 Å². The topological polar surface area (TPSA) is 44.3 Å². The van der Waals surface area contributed by atoms with Crippen molar-refractivity contribution < 1.29 is 5.11 Å². The summed E-state index contributed by atoms with van der Waals surface area (Å²) in [4.78, 5) is 0. The highest BCUT2D eigenvalue weighted by molar-refractivity contribution is 6.30. The number of hydrogen-bond donors (Lipinski definition) is 3. The van der Waals surface area contributed by atoms with Gasteiger partial charge in [0.25, 0.3) is 0 Å². The van der Waals surface area contributed by atoms with Crippen molar-refractivity contribution in [1.29, 1.82) is 0 Å². The Kier molecular flexibility index (Phi) is 6.42. The molecule has 1 aromatic carbocycles. The minimum atomic E-state index is -0.281. The first-order valence-corrected chi connectivity index (χ1v) is 5.90. The van der Waals surface area contributed by atoms with E-state index in [0.717, 1.165) is 24.7 Å². The van der Waals surface area contributed by atoms with E-state index in [4.69, 9.17) is 16.7 Å². The highest BCUT2D eigenvalue weighted by Gasteiger charge is 1.94. The lowest BCUT2D eigenvalue weighted by atomic mass is 10.2. The first kappa shape index (κ1) is 13.5. The zero-order valence-corrected chi connectivity index (χ0v) is 10.3. The van der Waals surface area contributed by atoms with Crippen LogP contribution < -0.4 is 10.6 Å². The molecule has 3 nitrogen and oxygen atoms in total. The van der Waals surface area contributed by atoms with Crippen molar-refractivity contribution in [2.24, 2.45) is 0 Å². The van der Waals surface area contributed by atoms with Crippen LogP contribution in [0, 0.1) is 0 Å². The first-order chi connectivity index (χ1) is 7.68. The zero-order valence-electron chi connectivity index (χ0n) is 9.54. The van der Waals surface area contributed by atoms with Crippen molar-refractivity contribution in [3.63, 3.8) is 0 Å². The lowest BCUT2D eigenvalue weighted by Crippen LogP contribution is -2.31. The van der Waals surface area contributed by atoms with E-state index in [0.29, 0.717) is 6.54 Å². The Morgan fingerprint density at radius 2 is 1.81 bits per heavy atom. The number of aliphatic hydroxyl groups is 1. The first-order valence-electron chi connectivity index (χ1n) is 5.52. The molecule has 0 bridgehead atoms. The number of aliphatic hydroxyl groups excluding tert-OH is 1. The van der Waals surface area contributed by atoms with Crippen LogP contribution in [0.4, 0.5) is 0 Å². The molecule has 1 unspecified atom stereocenters. The van der Waals surface area contributed by atoms with E-state index < -0.39 is 0 Å². The van der Waals surface area contributed by atoms with Gasteiger partial charge in [0.05, 0.1) is 6.10 Å². The van der Waals surface area contributed by atoms with Crippen molar-refractivity contribution in [2.45, 2.75) is 19.6 Å². The molecule has 4 heteroatoms. The third-order valence-corrected chi connectivity index (χ3v) is 2.41. The van der Waals surface area contributed by atoms with E-state index >= 15 is 0 Å². The summed E-state index contributed by atoms with van der Waals surface area (Å²) in [5.74, 6) is 0. The van der Waals surface area contributed by atoms with Gasteiger partial charge >= 0.3 is 0 Å². The summed E-state index contributed by atoms with van der Waals surface area (Å²) in [5.41, 5.74) is 1.22. The molecule has 90 valence electrons. The van der Waals surface area contributed by atoms with Gasteiger partial charge < -0.3 is 15.7 Å². The molecular weight excluding hydrogens is 224 g/mol. The van der Waals surface area contributed by atoms with E-state index in [9.17, 15) is 0 Å². The summed E-state index contributed by atoms with van der Waals surface area (Å²) in [6.45, 7) is 5.00. The molecule has 0 aliphatic carbocycles. The Balaban J connectivity index is 2.05. The Labute approximate surface area is 102 Å². The van der Waals surface area contributed by atoms with Gasteiger partial charge in [0.15, 0.2) is 0 Å². The molecular formula is C12H19ClN2O. The van der Waals surface area contributed by atoms with Crippen LogP contribution in [-0.4, -0.2) is 30.8 Å². The summed E-state index contributed by atoms with van der Waals surface area (Å²) in [6.07, 6.45) is -0.281. The summed E-state index contributed by atoms with van der Waals surface area (Å²) < 4.78 is 0. The molecule has 1 aromatic rings. The Morgan fingerprint density at radius 3 is 2.44 bits per heavy atom. The van der Waals surface area contributed by atoms with Crippen LogP contribution in [-0.2, 0) is 6.54 Å². The smallest absolute Gasteiger partial charge is 0.0636 e. The highest BCUT2D eigenvalue weighted by Crippen LogP contribution is 2.08. The second-order valence-corrected chi connectivity index (χ2v) is 4.29. The Bertz CT molecular complexity index is 288. The van der Waals surface area contributed by atoms with E-state index in [-0.39, 0.29) is 6.10 Å². The lowest BCUT2D eigenvalue weighted by Gasteiger charge is -2.08. The number of benzene rings is 1. The second kappa shape index (κ2) is 7.63. The van der Waals surface area contributed by atoms with Crippen molar-refractivity contribution in [1.82, 2.24) is 10.6 Å². The summed E-state index contributed by atoms with van der Waals surface area (Å²) in [7, 11) is 0. The maximum Gasteiger partial charge on any atom is 0.0636 e. The zero-order chi connectivity index (χ0) is 11.8. The standard InChI is InChI=1S/C12H19ClN2O/c1-10(16)8-14-6-7-15-9-11-2-4-12(13)5-3-11/h2-5,10,14-16H,6-9H2,1H3. The molecule has 0 heterocycles. The third-order valence-electron chi connectivity index (χ3n) is 2.16. The minimum absolute atomic E-state index is 0.281. The lowest BCUT2D eigenvalue weighted by molar-refractivity contribution is 0.191. The van der Waals surface area contributed by atoms with Crippen LogP contribution in [0.5, 0.6) is 0 Å². The predicted molar refractivity (Wildman–Crippen MR) is 67.7 cm³/mol. The molecule has 0 aliphatic heterocycles. The highest BCUT2D eigenvalue weighted by atomic mass is 35.5. The second-order valence-electron chi connectivity index (χ2n) is 3.86. The molecule has 0 aliphatic rings. The van der Waals surface area contributed by atoms with Gasteiger partial charge in [-0.25, -0.2) is 0 Å². The van der Waals surface area contributed by atoms with Gasteiger partial charge in [-0.15, -0.1) is 0 Å². The maximum absolute atomic E-state index is 9.02. The van der Waals surface area contributed by atoms with E-state index in [1.165, 1.54) is 5.56 Å². The molecule has 0 saturated carbocycles. The monoisotopic (exact) mass is 242 g/mol. The number of hydrogen-bond acceptors (Lipinski definition) is 3. The normalized spacial score (nSPS) is 12.7. The maximum atomic E-state index is 9.02. The fourth-order valence-electron chi connectivity index (χ4n) is 1.32. The van der Waals surface area contributed by atoms with Crippen LogP contribution in [0.25, 0.3) is 0 Å². The summed E-state index contributed by atoms with van der Waals surface area (Å²) in [5, 5.41) is 16.2. The quantitative estimate of drug-likeness (QED) is 0.634. The fourth-order valence-corrected chi connectivity index (χ4v) is 1.45. The molecule has 0 radical (unpaired) electrons. The fraction of sp³-hybridized carbons (Fsp3) is 0.500. The van der Waals surface area contributed by atoms with Crippen LogP contribution >= 0.6 is 11.6 Å². The molecule has 0 saturated heterocycles. The molecule has 16 heavy (non-hydrogen) atoms. The third kappa shape index (κ3) is 6.08. The van der Waals surface area contributed by atoms with Gasteiger partial charge in [0, 0.05) is 31.2 Å². The summed E-state index contributed by atoms with van der Waals surface area (Å²) >= 11 is 5.79. The van der Waals surface area contributed by atoms with Gasteiger partial charge in [-0.3, -0.25) is 0 Å². The van der Waals surface area contributed by atoms with Crippen LogP contribution in [0.3, 0.4) is 0 Å². The van der Waals surface area contributed by atoms with Crippen LogP contribution in [0.1, 0.15) is 12.5 Å². The summed E-state index contributed by atoms with van der Waals surface area (Å²) in [6, 6.07) is 7.81. The average molecular weight is 243 g/mol. The van der Waals surface area contributed by atoms with E-state index in [2.05, 4.69) is 10.6 Å². The number of nitrogens with one attached hydrogen (secondary N) is 2. The van der Waals surface area contributed by atoms with Gasteiger partial charge in [-0.2, -0.15) is 0 Å². The van der Waals surface area contributed by atoms with Crippen molar-refractivity contribution >= 4 is 11.6 Å². The molecule has 0 amide bonds. The van der Waals surface area contributed by atoms with Crippen LogP contribution in [0.15, 0.2) is 24.3 Å². The number of rotatable bonds is 7. The molecule has 3 N–H and O–H groups in total. The van der Waals surface area contributed by atoms with E-state index in [1.807, 2.05) is 24.3 Å². The minimum Gasteiger partial charge on any atom is -0.392 e. The van der Waals surface area contributed by atoms with Gasteiger partial charge in [0.2, 0.25) is 0 Å². The molecule has 0 aromatic heterocycles. The molecule has 1 atom stereocenters. The molecule has 1 rings (SSSR count). The molecule has 0 fully saturated rings. The predicted octanol–water partition coefficient (Wildman–Crippen LogP) is 1.40. The van der Waals surface area contributed by atoms with Crippen molar-refractivity contribution in [3.05, 3.63) is 34.9 Å². The Hall–Kier alpha value is -0.610. The van der Waals surface area contributed by atoms with Crippen molar-refractivity contribution in [2.75, 3.05) is 19.6 Å². The number of halogens is 1. The molecule has 0 spiro atoms. The van der Waals surface area contributed by atoms with Gasteiger partial charge in [0.1, 0.15) is 0 Å². The van der Waals surface area contributed by atoms with Gasteiger partial charge in [-0.1, -0.05) is 23.7 Å².